The van der Waals surface area contributed by atoms with Gasteiger partial charge in [-0.1, -0.05) is 25.2 Å². The van der Waals surface area contributed by atoms with Crippen LogP contribution in [0.1, 0.15) is 48.0 Å². The van der Waals surface area contributed by atoms with Crippen molar-refractivity contribution in [2.75, 3.05) is 6.61 Å². The van der Waals surface area contributed by atoms with Gasteiger partial charge in [-0.25, -0.2) is 4.79 Å². The number of halogens is 1. The van der Waals surface area contributed by atoms with Crippen molar-refractivity contribution in [2.24, 2.45) is 17.3 Å². The van der Waals surface area contributed by atoms with Gasteiger partial charge in [-0.3, -0.25) is 24.0 Å². The van der Waals surface area contributed by atoms with Crippen molar-refractivity contribution in [1.82, 2.24) is 0 Å². The Labute approximate surface area is 241 Å². The molecule has 3 saturated heterocycles. The summed E-state index contributed by atoms with van der Waals surface area (Å²) in [5, 5.41) is -1.10. The Morgan fingerprint density at radius 2 is 1.71 bits per heavy atom. The van der Waals surface area contributed by atoms with Gasteiger partial charge in [0.2, 0.25) is 0 Å². The van der Waals surface area contributed by atoms with Crippen LogP contribution in [0.15, 0.2) is 24.3 Å². The number of ketones is 1. The molecule has 1 aliphatic carbocycles. The highest BCUT2D eigenvalue weighted by Crippen LogP contribution is 2.62. The van der Waals surface area contributed by atoms with Gasteiger partial charge in [-0.15, -0.1) is 11.6 Å². The normalized spacial score (nSPS) is 41.1. The Kier molecular flexibility index (Phi) is 7.89. The lowest BCUT2D eigenvalue weighted by Gasteiger charge is -2.63. The average molecular weight is 597 g/mol. The molecule has 4 aliphatic rings. The Morgan fingerprint density at radius 1 is 1.05 bits per heavy atom. The molecule has 224 valence electrons. The van der Waals surface area contributed by atoms with Crippen LogP contribution in [-0.4, -0.2) is 83.2 Å². The van der Waals surface area contributed by atoms with E-state index in [-0.39, 0.29) is 6.42 Å². The number of hydrogen-bond donors (Lipinski definition) is 0. The van der Waals surface area contributed by atoms with Crippen molar-refractivity contribution in [3.05, 3.63) is 24.3 Å². The molecular formula is C28H33ClO12. The Hall–Kier alpha value is -3.25. The van der Waals surface area contributed by atoms with Crippen molar-refractivity contribution in [2.45, 2.75) is 89.0 Å². The monoisotopic (exact) mass is 596 g/mol. The van der Waals surface area contributed by atoms with Crippen LogP contribution in [0.4, 0.5) is 0 Å². The molecule has 0 aromatic carbocycles. The molecule has 12 nitrogen and oxygen atoms in total. The van der Waals surface area contributed by atoms with Gasteiger partial charge >= 0.3 is 29.8 Å². The van der Waals surface area contributed by atoms with Gasteiger partial charge in [0.05, 0.1) is 17.2 Å². The Bertz CT molecular complexity index is 1240. The van der Waals surface area contributed by atoms with Crippen molar-refractivity contribution in [3.63, 3.8) is 0 Å². The molecule has 13 heteroatoms. The molecule has 0 saturated carbocycles. The summed E-state index contributed by atoms with van der Waals surface area (Å²) in [5.41, 5.74) is -4.77. The molecule has 3 fully saturated rings. The van der Waals surface area contributed by atoms with E-state index in [2.05, 4.69) is 6.58 Å². The maximum atomic E-state index is 13.5. The van der Waals surface area contributed by atoms with E-state index >= 15 is 0 Å². The first-order valence-corrected chi connectivity index (χ1v) is 13.6. The summed E-state index contributed by atoms with van der Waals surface area (Å²) < 4.78 is 34.7. The lowest BCUT2D eigenvalue weighted by Crippen LogP contribution is -2.77. The quantitative estimate of drug-likeness (QED) is 0.196. The highest BCUT2D eigenvalue weighted by molar-refractivity contribution is 6.23. The number of hydrogen-bond acceptors (Lipinski definition) is 12. The highest BCUT2D eigenvalue weighted by atomic mass is 35.5. The third-order valence-corrected chi connectivity index (χ3v) is 9.08. The van der Waals surface area contributed by atoms with E-state index in [9.17, 15) is 28.8 Å². The van der Waals surface area contributed by atoms with Crippen molar-refractivity contribution >= 4 is 47.2 Å². The predicted octanol–water partition coefficient (Wildman–Crippen LogP) is 1.74. The molecule has 0 radical (unpaired) electrons. The van der Waals surface area contributed by atoms with Crippen LogP contribution in [0.5, 0.6) is 0 Å². The largest absolute Gasteiger partial charge is 0.459 e. The number of esters is 5. The van der Waals surface area contributed by atoms with Crippen molar-refractivity contribution in [3.8, 4) is 0 Å². The molecule has 3 aliphatic heterocycles. The zero-order chi connectivity index (χ0) is 30.7. The fourth-order valence-corrected chi connectivity index (χ4v) is 7.18. The maximum Gasteiger partial charge on any atom is 0.344 e. The van der Waals surface area contributed by atoms with Crippen LogP contribution in [0.25, 0.3) is 0 Å². The van der Waals surface area contributed by atoms with E-state index in [1.54, 1.807) is 6.92 Å². The van der Waals surface area contributed by atoms with Gasteiger partial charge in [0.25, 0.3) is 0 Å². The van der Waals surface area contributed by atoms with Crippen molar-refractivity contribution in [1.29, 1.82) is 0 Å². The molecule has 1 spiro atoms. The number of carbonyl (C=O) groups excluding carboxylic acids is 6. The lowest BCUT2D eigenvalue weighted by molar-refractivity contribution is -0.320. The SMILES string of the molecule is C=C1C[C@@H](OC(C)=O)C2OC3([C@H](OC(=O)COC(C)=O)[C@H]4[C@](C)(OC(C)=O)C(=O)C=C[C@]24C)[C@@H](C)C(=O)O[C@H]3[C@H]1Cl. The minimum absolute atomic E-state index is 0.0161. The Balaban J connectivity index is 2.03. The second kappa shape index (κ2) is 10.5. The van der Waals surface area contributed by atoms with Crippen LogP contribution in [-0.2, 0) is 57.2 Å². The summed E-state index contributed by atoms with van der Waals surface area (Å²) in [7, 11) is 0. The molecule has 0 N–H and O–H groups in total. The van der Waals surface area contributed by atoms with Crippen molar-refractivity contribution < 1.29 is 57.2 Å². The smallest absolute Gasteiger partial charge is 0.344 e. The molecule has 0 aromatic rings. The van der Waals surface area contributed by atoms with Gasteiger partial charge in [-0.05, 0) is 19.9 Å². The molecule has 0 aromatic heterocycles. The number of alkyl halides is 1. The summed E-state index contributed by atoms with van der Waals surface area (Å²) in [6.45, 7) is 11.3. The standard InChI is InChI=1S/C28H33ClO12/c1-12-10-17(37-15(4)31)22-26(6)9-8-18(33)27(7,40-16(5)32)21(26)24(38-19(34)11-36-14(3)30)28(41-22)13(2)25(35)39-23(28)20(12)29/h8-9,13,17,20-24H,1,10-11H2,2-7H3/t13-,17+,20-,21+,22?,23-,24+,26-,27+,28?/m0/s1. The molecule has 2 bridgehead atoms. The number of ether oxygens (including phenoxy) is 6. The predicted molar refractivity (Wildman–Crippen MR) is 138 cm³/mol. The van der Waals surface area contributed by atoms with E-state index in [1.807, 2.05) is 0 Å². The minimum Gasteiger partial charge on any atom is -0.459 e. The first kappa shape index (κ1) is 30.7. The Morgan fingerprint density at radius 3 is 2.29 bits per heavy atom. The summed E-state index contributed by atoms with van der Waals surface area (Å²) in [5.74, 6) is -6.90. The van der Waals surface area contributed by atoms with Crippen LogP contribution < -0.4 is 0 Å². The van der Waals surface area contributed by atoms with Crippen LogP contribution in [0.2, 0.25) is 0 Å². The molecule has 3 heterocycles. The van der Waals surface area contributed by atoms with Gasteiger partial charge in [0.15, 0.2) is 29.7 Å². The first-order valence-electron chi connectivity index (χ1n) is 13.1. The summed E-state index contributed by atoms with van der Waals surface area (Å²) in [4.78, 5) is 76.0. The average Bonchev–Trinajstić information content (AvgIpc) is 3.10. The molecule has 41 heavy (non-hydrogen) atoms. The maximum absolute atomic E-state index is 13.5. The second-order valence-electron chi connectivity index (χ2n) is 11.3. The number of fused-ring (bicyclic) bond motifs is 3. The summed E-state index contributed by atoms with van der Waals surface area (Å²) >= 11 is 6.84. The van der Waals surface area contributed by atoms with E-state index in [4.69, 9.17) is 40.0 Å². The number of carbonyl (C=O) groups is 6. The van der Waals surface area contributed by atoms with Gasteiger partial charge in [0.1, 0.15) is 18.3 Å². The highest BCUT2D eigenvalue weighted by Gasteiger charge is 2.77. The molecular weight excluding hydrogens is 564 g/mol. The lowest BCUT2D eigenvalue weighted by atomic mass is 9.52. The third-order valence-electron chi connectivity index (χ3n) is 8.54. The molecule has 2 unspecified atom stereocenters. The van der Waals surface area contributed by atoms with E-state index in [0.717, 1.165) is 13.8 Å². The first-order chi connectivity index (χ1) is 19.0. The summed E-state index contributed by atoms with van der Waals surface area (Å²) in [6.07, 6.45) is -2.13. The fourth-order valence-electron chi connectivity index (χ4n) is 6.84. The van der Waals surface area contributed by atoms with Crippen LogP contribution in [0.3, 0.4) is 0 Å². The van der Waals surface area contributed by atoms with Gasteiger partial charge in [-0.2, -0.15) is 0 Å². The fraction of sp³-hybridized carbons (Fsp3) is 0.643. The van der Waals surface area contributed by atoms with Crippen LogP contribution in [0, 0.1) is 17.3 Å². The zero-order valence-electron chi connectivity index (χ0n) is 23.6. The second-order valence-corrected chi connectivity index (χ2v) is 11.8. The molecule has 10 atom stereocenters. The third kappa shape index (κ3) is 4.84. The number of rotatable bonds is 5. The molecule has 0 amide bonds. The topological polar surface area (TPSA) is 158 Å². The zero-order valence-corrected chi connectivity index (χ0v) is 24.4. The van der Waals surface area contributed by atoms with Gasteiger partial charge < -0.3 is 28.4 Å². The summed E-state index contributed by atoms with van der Waals surface area (Å²) in [6, 6.07) is 0. The minimum atomic E-state index is -1.95. The van der Waals surface area contributed by atoms with E-state index in [1.165, 1.54) is 32.9 Å². The van der Waals surface area contributed by atoms with E-state index < -0.39 is 100 Å². The van der Waals surface area contributed by atoms with E-state index in [0.29, 0.717) is 5.57 Å². The van der Waals surface area contributed by atoms with Crippen LogP contribution >= 0.6 is 11.6 Å². The van der Waals surface area contributed by atoms with Gasteiger partial charge in [0, 0.05) is 32.6 Å². The molecule has 4 rings (SSSR count).